The van der Waals surface area contributed by atoms with E-state index in [9.17, 15) is 23.4 Å². The largest absolute Gasteiger partial charge is 0.387 e. The lowest BCUT2D eigenvalue weighted by Gasteiger charge is -2.26. The Kier molecular flexibility index (Phi) is 5.91. The Morgan fingerprint density at radius 1 is 1.26 bits per heavy atom. The molecule has 2 aliphatic heterocycles. The van der Waals surface area contributed by atoms with E-state index in [0.29, 0.717) is 13.2 Å². The Morgan fingerprint density at radius 3 is 2.74 bits per heavy atom. The van der Waals surface area contributed by atoms with Gasteiger partial charge in [-0.15, -0.1) is 0 Å². The van der Waals surface area contributed by atoms with Crippen LogP contribution < -0.4 is 10.5 Å². The van der Waals surface area contributed by atoms with Gasteiger partial charge in [-0.2, -0.15) is 8.42 Å². The quantitative estimate of drug-likeness (QED) is 0.361. The molecule has 2 aromatic rings. The Bertz CT molecular complexity index is 1060. The van der Waals surface area contributed by atoms with E-state index >= 15 is 0 Å². The number of rotatable bonds is 5. The van der Waals surface area contributed by atoms with Crippen LogP contribution in [0.1, 0.15) is 6.23 Å². The molecule has 0 spiro atoms. The number of fused-ring (bicyclic) bond motifs is 1. The van der Waals surface area contributed by atoms with Crippen molar-refractivity contribution >= 4 is 33.3 Å². The predicted molar refractivity (Wildman–Crippen MR) is 101 cm³/mol. The lowest BCUT2D eigenvalue weighted by atomic mass is 10.1. The Labute approximate surface area is 176 Å². The summed E-state index contributed by atoms with van der Waals surface area (Å²) in [7, 11) is -4.48. The Hall–Kier alpha value is -2.63. The molecule has 2 saturated heterocycles. The number of aliphatic hydroxyl groups is 2. The summed E-state index contributed by atoms with van der Waals surface area (Å²) in [5.74, 6) is 0.124. The molecule has 2 fully saturated rings. The van der Waals surface area contributed by atoms with Crippen LogP contribution >= 0.6 is 0 Å². The summed E-state index contributed by atoms with van der Waals surface area (Å²) in [5.41, 5.74) is 6.27. The highest BCUT2D eigenvalue weighted by Crippen LogP contribution is 2.32. The van der Waals surface area contributed by atoms with Gasteiger partial charge < -0.3 is 30.3 Å². The van der Waals surface area contributed by atoms with Gasteiger partial charge in [-0.3, -0.25) is 8.75 Å². The van der Waals surface area contributed by atoms with Crippen LogP contribution in [-0.4, -0.2) is 100 Å². The van der Waals surface area contributed by atoms with Crippen molar-refractivity contribution < 1.29 is 37.1 Å². The fourth-order valence-corrected chi connectivity index (χ4v) is 3.99. The molecular weight excluding hydrogens is 438 g/mol. The minimum Gasteiger partial charge on any atom is -0.387 e. The first-order chi connectivity index (χ1) is 14.8. The SMILES string of the molecule is Nc1ncnc2c1ncn2[C@@H]1O[C@H](COS(=O)(=O)NC(=O)N2CCOCC2)[C@@H](O)[C@H]1O. The molecule has 0 aromatic carbocycles. The van der Waals surface area contributed by atoms with E-state index in [4.69, 9.17) is 19.4 Å². The van der Waals surface area contributed by atoms with Crippen LogP contribution in [0.5, 0.6) is 0 Å². The molecule has 0 aliphatic carbocycles. The summed E-state index contributed by atoms with van der Waals surface area (Å²) in [6.45, 7) is 0.438. The molecule has 31 heavy (non-hydrogen) atoms. The number of aliphatic hydroxyl groups excluding tert-OH is 2. The monoisotopic (exact) mass is 459 g/mol. The molecule has 16 heteroatoms. The first-order valence-corrected chi connectivity index (χ1v) is 10.7. The van der Waals surface area contributed by atoms with E-state index in [2.05, 4.69) is 15.0 Å². The van der Waals surface area contributed by atoms with Crippen LogP contribution in [0.15, 0.2) is 12.7 Å². The second-order valence-corrected chi connectivity index (χ2v) is 8.22. The molecular formula is C15H21N7O8S. The number of carbonyl (C=O) groups excluding carboxylic acids is 1. The molecule has 5 N–H and O–H groups in total. The third-order valence-corrected chi connectivity index (χ3v) is 5.77. The molecule has 2 aliphatic rings. The number of urea groups is 1. The number of ether oxygens (including phenoxy) is 2. The van der Waals surface area contributed by atoms with Crippen LogP contribution in [0.4, 0.5) is 10.6 Å². The molecule has 0 saturated carbocycles. The van der Waals surface area contributed by atoms with Crippen molar-refractivity contribution in [1.29, 1.82) is 0 Å². The van der Waals surface area contributed by atoms with Crippen molar-refractivity contribution in [1.82, 2.24) is 29.1 Å². The minimum atomic E-state index is -4.48. The number of nitrogens with two attached hydrogens (primary N) is 1. The van der Waals surface area contributed by atoms with E-state index in [0.717, 1.165) is 0 Å². The van der Waals surface area contributed by atoms with Gasteiger partial charge in [0.15, 0.2) is 17.7 Å². The highest BCUT2D eigenvalue weighted by atomic mass is 32.2. The van der Waals surface area contributed by atoms with E-state index in [-0.39, 0.29) is 30.1 Å². The number of aromatic nitrogens is 4. The molecule has 2 amide bonds. The molecule has 0 bridgehead atoms. The second-order valence-electron chi connectivity index (χ2n) is 6.87. The van der Waals surface area contributed by atoms with E-state index in [1.807, 2.05) is 0 Å². The molecule has 15 nitrogen and oxygen atoms in total. The predicted octanol–water partition coefficient (Wildman–Crippen LogP) is -2.67. The molecule has 170 valence electrons. The zero-order valence-corrected chi connectivity index (χ0v) is 16.9. The van der Waals surface area contributed by atoms with Gasteiger partial charge >= 0.3 is 16.3 Å². The molecule has 4 rings (SSSR count). The summed E-state index contributed by atoms with van der Waals surface area (Å²) < 4.78 is 42.8. The standard InChI is InChI=1S/C15H21N7O8S/c16-12-9-13(18-6-17-12)22(7-19-9)14-11(24)10(23)8(30-14)5-29-31(26,27)20-15(25)21-1-3-28-4-2-21/h6-8,10-11,14,23-24H,1-5H2,(H,20,25)(H2,16,17,18)/t8-,10-,11-,14-/m1/s1. The first kappa shape index (κ1) is 21.6. The van der Waals surface area contributed by atoms with Crippen molar-refractivity contribution in [2.75, 3.05) is 38.6 Å². The van der Waals surface area contributed by atoms with Crippen molar-refractivity contribution in [2.24, 2.45) is 0 Å². The van der Waals surface area contributed by atoms with Crippen molar-refractivity contribution in [3.63, 3.8) is 0 Å². The molecule has 4 heterocycles. The van der Waals surface area contributed by atoms with Gasteiger partial charge in [-0.25, -0.2) is 24.5 Å². The normalized spacial score (nSPS) is 27.0. The number of hydrogen-bond acceptors (Lipinski definition) is 12. The summed E-state index contributed by atoms with van der Waals surface area (Å²) in [5, 5.41) is 20.7. The maximum Gasteiger partial charge on any atom is 0.363 e. The highest BCUT2D eigenvalue weighted by Gasteiger charge is 2.45. The van der Waals surface area contributed by atoms with Gasteiger partial charge in [0.1, 0.15) is 30.2 Å². The summed E-state index contributed by atoms with van der Waals surface area (Å²) in [6, 6.07) is -0.851. The van der Waals surface area contributed by atoms with Gasteiger partial charge in [0, 0.05) is 13.1 Å². The van der Waals surface area contributed by atoms with E-state index in [1.165, 1.54) is 22.1 Å². The number of nitrogens with zero attached hydrogens (tertiary/aromatic N) is 5. The number of imidazole rings is 1. The summed E-state index contributed by atoms with van der Waals surface area (Å²) in [6.07, 6.45) is -2.75. The van der Waals surface area contributed by atoms with Gasteiger partial charge in [0.2, 0.25) is 0 Å². The summed E-state index contributed by atoms with van der Waals surface area (Å²) in [4.78, 5) is 25.2. The van der Waals surface area contributed by atoms with Crippen LogP contribution in [0, 0.1) is 0 Å². The number of anilines is 1. The highest BCUT2D eigenvalue weighted by molar-refractivity contribution is 7.85. The Morgan fingerprint density at radius 2 is 2.00 bits per heavy atom. The first-order valence-electron chi connectivity index (χ1n) is 9.25. The average Bonchev–Trinajstić information content (AvgIpc) is 3.29. The third kappa shape index (κ3) is 4.39. The minimum absolute atomic E-state index is 0.124. The smallest absolute Gasteiger partial charge is 0.363 e. The topological polar surface area (TPSA) is 204 Å². The zero-order valence-electron chi connectivity index (χ0n) is 16.1. The number of carbonyl (C=O) groups is 1. The molecule has 4 atom stereocenters. The third-order valence-electron chi connectivity index (χ3n) is 4.90. The van der Waals surface area contributed by atoms with Crippen LogP contribution in [0.2, 0.25) is 0 Å². The van der Waals surface area contributed by atoms with E-state index in [1.54, 1.807) is 4.72 Å². The summed E-state index contributed by atoms with van der Waals surface area (Å²) >= 11 is 0. The zero-order chi connectivity index (χ0) is 22.2. The second kappa shape index (κ2) is 8.48. The maximum absolute atomic E-state index is 12.1. The van der Waals surface area contributed by atoms with Gasteiger partial charge in [-0.1, -0.05) is 0 Å². The number of nitrogens with one attached hydrogen (secondary N) is 1. The molecule has 0 unspecified atom stereocenters. The van der Waals surface area contributed by atoms with Crippen molar-refractivity contribution in [2.45, 2.75) is 24.5 Å². The van der Waals surface area contributed by atoms with Crippen molar-refractivity contribution in [3.8, 4) is 0 Å². The van der Waals surface area contributed by atoms with Crippen LogP contribution in [-0.2, 0) is 24.0 Å². The Balaban J connectivity index is 1.40. The average molecular weight is 459 g/mol. The lowest BCUT2D eigenvalue weighted by Crippen LogP contribution is -2.48. The fourth-order valence-electron chi connectivity index (χ4n) is 3.28. The number of amides is 2. The van der Waals surface area contributed by atoms with Gasteiger partial charge in [0.25, 0.3) is 0 Å². The fraction of sp³-hybridized carbons (Fsp3) is 0.600. The number of morpholine rings is 1. The lowest BCUT2D eigenvalue weighted by molar-refractivity contribution is -0.0468. The van der Waals surface area contributed by atoms with Gasteiger partial charge in [-0.05, 0) is 0 Å². The molecule has 0 radical (unpaired) electrons. The van der Waals surface area contributed by atoms with Crippen LogP contribution in [0.3, 0.4) is 0 Å². The van der Waals surface area contributed by atoms with Crippen LogP contribution in [0.25, 0.3) is 11.2 Å². The number of nitrogen functional groups attached to an aromatic ring is 1. The molecule has 2 aromatic heterocycles. The maximum atomic E-state index is 12.1. The van der Waals surface area contributed by atoms with Gasteiger partial charge in [0.05, 0.1) is 26.1 Å². The van der Waals surface area contributed by atoms with Crippen molar-refractivity contribution in [3.05, 3.63) is 12.7 Å². The number of hydrogen-bond donors (Lipinski definition) is 4. The van der Waals surface area contributed by atoms with E-state index < -0.39 is 47.5 Å².